The molecule has 2 saturated carbocycles. The van der Waals surface area contributed by atoms with Crippen LogP contribution in [0.15, 0.2) is 30.3 Å². The quantitative estimate of drug-likeness (QED) is 0.887. The highest BCUT2D eigenvalue weighted by Crippen LogP contribution is 2.47. The first-order chi connectivity index (χ1) is 11.6. The highest BCUT2D eigenvalue weighted by atomic mass is 16.2. The van der Waals surface area contributed by atoms with Crippen molar-refractivity contribution in [3.8, 4) is 0 Å². The van der Waals surface area contributed by atoms with Crippen molar-refractivity contribution < 1.29 is 9.59 Å². The molecule has 3 fully saturated rings. The summed E-state index contributed by atoms with van der Waals surface area (Å²) in [5, 5.41) is 3.01. The molecule has 2 aliphatic carbocycles. The van der Waals surface area contributed by atoms with Crippen LogP contribution in [0, 0.1) is 17.8 Å². The number of hydrogen-bond donors (Lipinski definition) is 2. The van der Waals surface area contributed by atoms with Crippen molar-refractivity contribution >= 4 is 17.5 Å². The summed E-state index contributed by atoms with van der Waals surface area (Å²) in [6.07, 6.45) is 3.97. The minimum atomic E-state index is -0.431. The van der Waals surface area contributed by atoms with Crippen molar-refractivity contribution in [2.75, 3.05) is 4.90 Å². The molecule has 0 aromatic heterocycles. The van der Waals surface area contributed by atoms with Gasteiger partial charge in [-0.2, -0.15) is 0 Å². The van der Waals surface area contributed by atoms with Gasteiger partial charge in [-0.1, -0.05) is 18.2 Å². The topological polar surface area (TPSA) is 75.4 Å². The molecule has 1 heterocycles. The van der Waals surface area contributed by atoms with Crippen molar-refractivity contribution in [3.63, 3.8) is 0 Å². The lowest BCUT2D eigenvalue weighted by molar-refractivity contribution is -0.130. The molecule has 6 atom stereocenters. The van der Waals surface area contributed by atoms with E-state index >= 15 is 0 Å². The predicted molar refractivity (Wildman–Crippen MR) is 92.2 cm³/mol. The smallest absolute Gasteiger partial charge is 0.249 e. The SMILES string of the molecule is CC1CC(NC(=O)C2C3CCC(C3)C2N)C(=O)N1c1ccccc1. The van der Waals surface area contributed by atoms with Crippen LogP contribution < -0.4 is 16.0 Å². The first-order valence-corrected chi connectivity index (χ1v) is 9.00. The average molecular weight is 327 g/mol. The lowest BCUT2D eigenvalue weighted by atomic mass is 9.84. The van der Waals surface area contributed by atoms with E-state index in [1.807, 2.05) is 37.3 Å². The fourth-order valence-electron chi connectivity index (χ4n) is 5.02. The summed E-state index contributed by atoms with van der Waals surface area (Å²) in [5.74, 6) is 0.750. The molecule has 128 valence electrons. The van der Waals surface area contributed by atoms with Gasteiger partial charge in [0.05, 0.1) is 5.92 Å². The van der Waals surface area contributed by atoms with E-state index in [0.717, 1.165) is 24.9 Å². The van der Waals surface area contributed by atoms with Gasteiger partial charge >= 0.3 is 0 Å². The number of nitrogens with zero attached hydrogens (tertiary/aromatic N) is 1. The van der Waals surface area contributed by atoms with Crippen LogP contribution in [-0.2, 0) is 9.59 Å². The average Bonchev–Trinajstić information content (AvgIpc) is 3.23. The van der Waals surface area contributed by atoms with Crippen LogP contribution >= 0.6 is 0 Å². The van der Waals surface area contributed by atoms with E-state index in [4.69, 9.17) is 5.73 Å². The van der Waals surface area contributed by atoms with Crippen LogP contribution in [0.25, 0.3) is 0 Å². The van der Waals surface area contributed by atoms with E-state index in [9.17, 15) is 9.59 Å². The van der Waals surface area contributed by atoms with Gasteiger partial charge in [0.1, 0.15) is 6.04 Å². The Labute approximate surface area is 142 Å². The minimum Gasteiger partial charge on any atom is -0.344 e. The number of nitrogens with one attached hydrogen (secondary N) is 1. The number of hydrogen-bond acceptors (Lipinski definition) is 3. The molecule has 3 N–H and O–H groups in total. The maximum atomic E-state index is 12.8. The molecule has 5 heteroatoms. The molecule has 5 nitrogen and oxygen atoms in total. The molecular formula is C19H25N3O2. The van der Waals surface area contributed by atoms with Crippen LogP contribution in [-0.4, -0.2) is 29.9 Å². The van der Waals surface area contributed by atoms with Crippen molar-refractivity contribution in [1.29, 1.82) is 0 Å². The molecule has 1 saturated heterocycles. The number of anilines is 1. The summed E-state index contributed by atoms with van der Waals surface area (Å²) in [6, 6.07) is 9.27. The van der Waals surface area contributed by atoms with E-state index in [1.54, 1.807) is 4.90 Å². The summed E-state index contributed by atoms with van der Waals surface area (Å²) in [5.41, 5.74) is 7.16. The monoisotopic (exact) mass is 327 g/mol. The van der Waals surface area contributed by atoms with Crippen molar-refractivity contribution in [2.24, 2.45) is 23.5 Å². The number of benzene rings is 1. The Kier molecular flexibility index (Phi) is 3.83. The fraction of sp³-hybridized carbons (Fsp3) is 0.579. The molecule has 0 radical (unpaired) electrons. The zero-order valence-corrected chi connectivity index (χ0v) is 14.0. The second-order valence-electron chi connectivity index (χ2n) is 7.63. The maximum Gasteiger partial charge on any atom is 0.249 e. The fourth-order valence-corrected chi connectivity index (χ4v) is 5.02. The van der Waals surface area contributed by atoms with Gasteiger partial charge in [0.15, 0.2) is 0 Å². The second kappa shape index (κ2) is 5.88. The van der Waals surface area contributed by atoms with Crippen LogP contribution in [0.5, 0.6) is 0 Å². The van der Waals surface area contributed by atoms with Crippen LogP contribution in [0.2, 0.25) is 0 Å². The molecule has 2 amide bonds. The summed E-state index contributed by atoms with van der Waals surface area (Å²) in [4.78, 5) is 27.3. The van der Waals surface area contributed by atoms with Gasteiger partial charge in [-0.25, -0.2) is 0 Å². The number of carbonyl (C=O) groups is 2. The Morgan fingerprint density at radius 2 is 1.88 bits per heavy atom. The van der Waals surface area contributed by atoms with Crippen LogP contribution in [0.1, 0.15) is 32.6 Å². The van der Waals surface area contributed by atoms with Gasteiger partial charge in [-0.15, -0.1) is 0 Å². The Hall–Kier alpha value is -1.88. The third-order valence-corrected chi connectivity index (χ3v) is 6.19. The summed E-state index contributed by atoms with van der Waals surface area (Å²) in [7, 11) is 0. The molecule has 3 aliphatic rings. The normalized spacial score (nSPS) is 37.9. The highest BCUT2D eigenvalue weighted by Gasteiger charge is 2.50. The zero-order valence-electron chi connectivity index (χ0n) is 14.0. The summed E-state index contributed by atoms with van der Waals surface area (Å²) >= 11 is 0. The molecule has 1 aromatic carbocycles. The summed E-state index contributed by atoms with van der Waals surface area (Å²) in [6.45, 7) is 2.03. The van der Waals surface area contributed by atoms with Crippen molar-refractivity contribution in [1.82, 2.24) is 5.32 Å². The van der Waals surface area contributed by atoms with Crippen LogP contribution in [0.4, 0.5) is 5.69 Å². The number of para-hydroxylation sites is 1. The van der Waals surface area contributed by atoms with Gasteiger partial charge in [-0.05, 0) is 56.6 Å². The standard InChI is InChI=1S/C19H25N3O2/c1-11-9-15(19(24)22(11)14-5-3-2-4-6-14)21-18(23)16-12-7-8-13(10-12)17(16)20/h2-6,11-13,15-17H,7-10,20H2,1H3,(H,21,23). The predicted octanol–water partition coefficient (Wildman–Crippen LogP) is 1.67. The molecule has 1 aliphatic heterocycles. The lowest BCUT2D eigenvalue weighted by Gasteiger charge is -2.28. The Morgan fingerprint density at radius 1 is 1.17 bits per heavy atom. The number of carbonyl (C=O) groups excluding carboxylic acids is 2. The van der Waals surface area contributed by atoms with Gasteiger partial charge in [0, 0.05) is 17.8 Å². The van der Waals surface area contributed by atoms with E-state index in [2.05, 4.69) is 5.32 Å². The maximum absolute atomic E-state index is 12.8. The molecule has 2 bridgehead atoms. The Balaban J connectivity index is 1.46. The third kappa shape index (κ3) is 2.42. The minimum absolute atomic E-state index is 0.0150. The van der Waals surface area contributed by atoms with E-state index in [-0.39, 0.29) is 29.8 Å². The van der Waals surface area contributed by atoms with E-state index in [1.165, 1.54) is 0 Å². The highest BCUT2D eigenvalue weighted by molar-refractivity contribution is 6.02. The van der Waals surface area contributed by atoms with Gasteiger partial charge in [-0.3, -0.25) is 9.59 Å². The second-order valence-corrected chi connectivity index (χ2v) is 7.63. The molecular weight excluding hydrogens is 302 g/mol. The van der Waals surface area contributed by atoms with Gasteiger partial charge in [0.25, 0.3) is 0 Å². The van der Waals surface area contributed by atoms with E-state index < -0.39 is 6.04 Å². The van der Waals surface area contributed by atoms with Crippen molar-refractivity contribution in [3.05, 3.63) is 30.3 Å². The lowest BCUT2D eigenvalue weighted by Crippen LogP contribution is -2.50. The Bertz CT molecular complexity index is 645. The number of amides is 2. The van der Waals surface area contributed by atoms with Gasteiger partial charge in [0.2, 0.25) is 11.8 Å². The van der Waals surface area contributed by atoms with E-state index in [0.29, 0.717) is 18.3 Å². The first kappa shape index (κ1) is 15.6. The number of fused-ring (bicyclic) bond motifs is 2. The first-order valence-electron chi connectivity index (χ1n) is 9.00. The van der Waals surface area contributed by atoms with Gasteiger partial charge < -0.3 is 16.0 Å². The zero-order chi connectivity index (χ0) is 16.8. The molecule has 24 heavy (non-hydrogen) atoms. The number of rotatable bonds is 3. The van der Waals surface area contributed by atoms with Crippen LogP contribution in [0.3, 0.4) is 0 Å². The third-order valence-electron chi connectivity index (χ3n) is 6.19. The molecule has 6 unspecified atom stereocenters. The molecule has 4 rings (SSSR count). The largest absolute Gasteiger partial charge is 0.344 e. The van der Waals surface area contributed by atoms with Crippen molar-refractivity contribution in [2.45, 2.75) is 50.7 Å². The molecule has 0 spiro atoms. The number of nitrogens with two attached hydrogens (primary N) is 1. The molecule has 1 aromatic rings. The Morgan fingerprint density at radius 3 is 2.54 bits per heavy atom. The summed E-state index contributed by atoms with van der Waals surface area (Å²) < 4.78 is 0.